The van der Waals surface area contributed by atoms with Crippen molar-refractivity contribution in [3.8, 4) is 5.75 Å². The smallest absolute Gasteiger partial charge is 0.212 e. The summed E-state index contributed by atoms with van der Waals surface area (Å²) in [4.78, 5) is 11.2. The van der Waals surface area contributed by atoms with Gasteiger partial charge in [0, 0.05) is 0 Å². The Labute approximate surface area is 118 Å². The van der Waals surface area contributed by atoms with E-state index >= 15 is 0 Å². The highest BCUT2D eigenvalue weighted by atomic mass is 35.5. The van der Waals surface area contributed by atoms with Gasteiger partial charge in [-0.15, -0.1) is 0 Å². The van der Waals surface area contributed by atoms with Crippen LogP contribution in [0.5, 0.6) is 5.75 Å². The molecule has 0 amide bonds. The molecule has 0 N–H and O–H groups in total. The van der Waals surface area contributed by atoms with Gasteiger partial charge in [0.05, 0.1) is 20.3 Å². The number of halogens is 1. The third-order valence-electron chi connectivity index (χ3n) is 2.76. The molecule has 1 aliphatic heterocycles. The first-order valence-electron chi connectivity index (χ1n) is 5.84. The van der Waals surface area contributed by atoms with Crippen LogP contribution in [0.1, 0.15) is 5.56 Å². The number of aldehydes is 1. The molecule has 1 radical (unpaired) electrons. The lowest BCUT2D eigenvalue weighted by atomic mass is 9.73. The van der Waals surface area contributed by atoms with Crippen LogP contribution in [0.25, 0.3) is 0 Å². The van der Waals surface area contributed by atoms with Crippen molar-refractivity contribution in [2.45, 2.75) is 6.61 Å². The van der Waals surface area contributed by atoms with E-state index in [1.807, 2.05) is 24.3 Å². The van der Waals surface area contributed by atoms with E-state index in [0.29, 0.717) is 23.6 Å². The monoisotopic (exact) mass is 275 g/mol. The molecule has 5 heteroatoms. The van der Waals surface area contributed by atoms with Crippen LogP contribution in [0.15, 0.2) is 46.3 Å². The summed E-state index contributed by atoms with van der Waals surface area (Å²) in [6, 6.07) is 7.67. The quantitative estimate of drug-likeness (QED) is 0.591. The molecule has 1 aromatic carbocycles. The highest BCUT2D eigenvalue weighted by Crippen LogP contribution is 2.21. The first-order valence-corrected chi connectivity index (χ1v) is 6.21. The Morgan fingerprint density at radius 2 is 2.00 bits per heavy atom. The SMILES string of the molecule is COc1ccc(COCC2=C(Cl)[B]C(C=O)=C2)cc1. The average Bonchev–Trinajstić information content (AvgIpc) is 2.80. The molecule has 3 nitrogen and oxygen atoms in total. The molecule has 0 bridgehead atoms. The zero-order chi connectivity index (χ0) is 13.7. The number of methoxy groups -OCH3 is 1. The van der Waals surface area contributed by atoms with Crippen LogP contribution in [-0.4, -0.2) is 27.3 Å². The number of hydrogen-bond acceptors (Lipinski definition) is 3. The molecular formula is C14H13BClO3. The van der Waals surface area contributed by atoms with Crippen molar-refractivity contribution in [2.75, 3.05) is 13.7 Å². The molecule has 1 aromatic rings. The fraction of sp³-hybridized carbons (Fsp3) is 0.214. The molecule has 97 valence electrons. The summed E-state index contributed by atoms with van der Waals surface area (Å²) in [5.74, 6) is 0.818. The predicted molar refractivity (Wildman–Crippen MR) is 75.4 cm³/mol. The van der Waals surface area contributed by atoms with E-state index in [0.717, 1.165) is 23.2 Å². The normalized spacial score (nSPS) is 14.1. The van der Waals surface area contributed by atoms with E-state index in [4.69, 9.17) is 21.1 Å². The number of hydrogen-bond donors (Lipinski definition) is 0. The van der Waals surface area contributed by atoms with E-state index < -0.39 is 0 Å². The maximum Gasteiger partial charge on any atom is 0.212 e. The van der Waals surface area contributed by atoms with Crippen LogP contribution in [-0.2, 0) is 16.1 Å². The number of carbonyl (C=O) groups is 1. The molecule has 0 spiro atoms. The summed E-state index contributed by atoms with van der Waals surface area (Å²) in [7, 11) is 3.27. The molecule has 0 atom stereocenters. The first-order chi connectivity index (χ1) is 9.22. The Morgan fingerprint density at radius 3 is 2.58 bits per heavy atom. The Hall–Kier alpha value is -1.52. The molecule has 0 aliphatic carbocycles. The van der Waals surface area contributed by atoms with Crippen molar-refractivity contribution in [3.63, 3.8) is 0 Å². The number of rotatable bonds is 6. The molecule has 1 aliphatic rings. The summed E-state index contributed by atoms with van der Waals surface area (Å²) in [6.45, 7) is 0.876. The van der Waals surface area contributed by atoms with Crippen LogP contribution >= 0.6 is 11.6 Å². The number of benzene rings is 1. The maximum atomic E-state index is 10.6. The van der Waals surface area contributed by atoms with Crippen molar-refractivity contribution in [3.05, 3.63) is 51.9 Å². The maximum absolute atomic E-state index is 10.6. The fourth-order valence-electron chi connectivity index (χ4n) is 1.73. The highest BCUT2D eigenvalue weighted by molar-refractivity contribution is 6.73. The van der Waals surface area contributed by atoms with Crippen LogP contribution in [0, 0.1) is 0 Å². The van der Waals surface area contributed by atoms with E-state index in [2.05, 4.69) is 0 Å². The van der Waals surface area contributed by atoms with Crippen molar-refractivity contribution in [2.24, 2.45) is 0 Å². The second kappa shape index (κ2) is 6.59. The summed E-state index contributed by atoms with van der Waals surface area (Å²) < 4.78 is 10.7. The van der Waals surface area contributed by atoms with Crippen LogP contribution in [0.4, 0.5) is 0 Å². The van der Waals surface area contributed by atoms with Gasteiger partial charge in [-0.3, -0.25) is 4.79 Å². The average molecular weight is 276 g/mol. The lowest BCUT2D eigenvalue weighted by molar-refractivity contribution is -0.104. The number of carbonyl (C=O) groups excluding carboxylic acids is 1. The van der Waals surface area contributed by atoms with Gasteiger partial charge in [-0.05, 0) is 33.7 Å². The molecule has 0 saturated heterocycles. The highest BCUT2D eigenvalue weighted by Gasteiger charge is 2.15. The number of ether oxygens (including phenoxy) is 2. The van der Waals surface area contributed by atoms with Gasteiger partial charge >= 0.3 is 0 Å². The van der Waals surface area contributed by atoms with Gasteiger partial charge in [-0.25, -0.2) is 0 Å². The van der Waals surface area contributed by atoms with Gasteiger partial charge in [0.2, 0.25) is 7.28 Å². The third kappa shape index (κ3) is 3.72. The van der Waals surface area contributed by atoms with Gasteiger partial charge < -0.3 is 9.47 Å². The van der Waals surface area contributed by atoms with E-state index in [1.165, 1.54) is 0 Å². The van der Waals surface area contributed by atoms with Gasteiger partial charge in [0.15, 0.2) is 0 Å². The van der Waals surface area contributed by atoms with Gasteiger partial charge in [0.1, 0.15) is 12.0 Å². The van der Waals surface area contributed by atoms with Gasteiger partial charge in [-0.1, -0.05) is 29.8 Å². The molecule has 19 heavy (non-hydrogen) atoms. The minimum Gasteiger partial charge on any atom is -0.497 e. The Morgan fingerprint density at radius 1 is 1.26 bits per heavy atom. The fourth-order valence-corrected chi connectivity index (χ4v) is 1.97. The van der Waals surface area contributed by atoms with E-state index in [9.17, 15) is 4.79 Å². The minimum absolute atomic E-state index is 0.388. The predicted octanol–water partition coefficient (Wildman–Crippen LogP) is 2.46. The molecule has 1 heterocycles. The third-order valence-corrected chi connectivity index (χ3v) is 3.11. The molecule has 0 fully saturated rings. The molecule has 0 saturated carbocycles. The van der Waals surface area contributed by atoms with Crippen LogP contribution in [0.2, 0.25) is 0 Å². The second-order valence-corrected chi connectivity index (χ2v) is 4.53. The van der Waals surface area contributed by atoms with E-state index in [1.54, 1.807) is 20.5 Å². The largest absolute Gasteiger partial charge is 0.497 e. The summed E-state index contributed by atoms with van der Waals surface area (Å²) in [5.41, 5.74) is 2.46. The van der Waals surface area contributed by atoms with E-state index in [-0.39, 0.29) is 0 Å². The zero-order valence-electron chi connectivity index (χ0n) is 10.6. The standard InChI is InChI=1S/C14H13BClO3/c1-18-13-4-2-10(3-5-13)8-19-9-11-6-12(7-17)15-14(11)16/h2-7H,8-9H2,1H3. The molecule has 0 aromatic heterocycles. The van der Waals surface area contributed by atoms with Crippen molar-refractivity contribution in [1.29, 1.82) is 0 Å². The minimum atomic E-state index is 0.388. The van der Waals surface area contributed by atoms with Crippen molar-refractivity contribution >= 4 is 25.2 Å². The van der Waals surface area contributed by atoms with Gasteiger partial charge in [0.25, 0.3) is 0 Å². The Bertz CT molecular complexity index is 520. The Kier molecular flexibility index (Phi) is 4.83. The second-order valence-electron chi connectivity index (χ2n) is 4.12. The molecular weight excluding hydrogens is 262 g/mol. The topological polar surface area (TPSA) is 35.5 Å². The first kappa shape index (κ1) is 13.9. The van der Waals surface area contributed by atoms with Gasteiger partial charge in [-0.2, -0.15) is 0 Å². The van der Waals surface area contributed by atoms with Crippen LogP contribution < -0.4 is 4.74 Å². The summed E-state index contributed by atoms with van der Waals surface area (Å²) >= 11 is 5.99. The van der Waals surface area contributed by atoms with Crippen molar-refractivity contribution < 1.29 is 14.3 Å². The lowest BCUT2D eigenvalue weighted by Crippen LogP contribution is -1.98. The van der Waals surface area contributed by atoms with Crippen molar-refractivity contribution in [1.82, 2.24) is 0 Å². The zero-order valence-corrected chi connectivity index (χ0v) is 11.3. The van der Waals surface area contributed by atoms with Crippen LogP contribution in [0.3, 0.4) is 0 Å². The summed E-state index contributed by atoms with van der Waals surface area (Å²) in [6.07, 6.45) is 2.52. The lowest BCUT2D eigenvalue weighted by Gasteiger charge is -2.06. The summed E-state index contributed by atoms with van der Waals surface area (Å²) in [5, 5.41) is 0. The Balaban J connectivity index is 1.85. The molecule has 0 unspecified atom stereocenters. The number of allylic oxidation sites excluding steroid dienone is 1. The molecule has 2 rings (SSSR count).